The number of thioether (sulfide) groups is 1. The summed E-state index contributed by atoms with van der Waals surface area (Å²) in [6, 6.07) is 0. The van der Waals surface area contributed by atoms with Crippen molar-refractivity contribution in [1.82, 2.24) is 0 Å². The molecule has 1 N–H and O–H groups in total. The molecule has 21 heavy (non-hydrogen) atoms. The van der Waals surface area contributed by atoms with Crippen molar-refractivity contribution >= 4 is 11.8 Å². The van der Waals surface area contributed by atoms with Crippen molar-refractivity contribution in [3.8, 4) is 0 Å². The van der Waals surface area contributed by atoms with E-state index in [9.17, 15) is 0 Å². The van der Waals surface area contributed by atoms with Gasteiger partial charge in [-0.2, -0.15) is 10.2 Å². The maximum Gasteiger partial charge on any atom is 0.105 e. The number of unbranched alkanes of at least 4 members (excludes halogenated alkanes) is 11. The zero-order valence-electron chi connectivity index (χ0n) is 15.4. The van der Waals surface area contributed by atoms with Crippen LogP contribution in [0, 0.1) is 0 Å². The molecule has 0 radical (unpaired) electrons. The van der Waals surface area contributed by atoms with Gasteiger partial charge in [0.25, 0.3) is 0 Å². The van der Waals surface area contributed by atoms with E-state index in [4.69, 9.17) is 6.48 Å². The molecular formula is C17H38N2OS. The van der Waals surface area contributed by atoms with Crippen LogP contribution in [0.3, 0.4) is 0 Å². The highest BCUT2D eigenvalue weighted by molar-refractivity contribution is 7.98. The lowest BCUT2D eigenvalue weighted by Gasteiger charge is -2.02. The first-order chi connectivity index (χ1) is 10.9. The number of hydrogen-bond acceptors (Lipinski definition) is 4. The van der Waals surface area contributed by atoms with Crippen molar-refractivity contribution in [2.45, 2.75) is 84.5 Å². The summed E-state index contributed by atoms with van der Waals surface area (Å²) in [7, 11) is 1.25. The Balaban J connectivity index is 0. The summed E-state index contributed by atoms with van der Waals surface area (Å²) >= 11 is 1.72. The van der Waals surface area contributed by atoms with Crippen LogP contribution in [0.2, 0.25) is 0 Å². The first-order valence-electron chi connectivity index (χ1n) is 9.35. The van der Waals surface area contributed by atoms with Crippen LogP contribution in [0.5, 0.6) is 0 Å². The molecule has 0 aliphatic carbocycles. The van der Waals surface area contributed by atoms with E-state index < -0.39 is 0 Å². The van der Waals surface area contributed by atoms with Gasteiger partial charge in [-0.15, -0.1) is 11.8 Å². The topological polar surface area (TPSA) is 45.0 Å². The van der Waals surface area contributed by atoms with Crippen molar-refractivity contribution in [1.29, 1.82) is 0 Å². The summed E-state index contributed by atoms with van der Waals surface area (Å²) in [6.07, 6.45) is 17.7. The summed E-state index contributed by atoms with van der Waals surface area (Å²) < 4.78 is 5.75. The molecule has 0 aromatic carbocycles. The van der Waals surface area contributed by atoms with E-state index in [1.165, 1.54) is 78.0 Å². The molecule has 4 heteroatoms. The van der Waals surface area contributed by atoms with Crippen LogP contribution in [0.25, 0.3) is 0 Å². The molecule has 0 aliphatic rings. The van der Waals surface area contributed by atoms with Gasteiger partial charge in [0.1, 0.15) is 5.88 Å². The van der Waals surface area contributed by atoms with Crippen molar-refractivity contribution in [3.05, 3.63) is 0 Å². The lowest BCUT2D eigenvalue weighted by atomic mass is 10.1. The Morgan fingerprint density at radius 1 is 0.762 bits per heavy atom. The monoisotopic (exact) mass is 319 g/mol. The molecule has 0 rings (SSSR count). The van der Waals surface area contributed by atoms with Crippen LogP contribution in [0.15, 0.2) is 10.2 Å². The lowest BCUT2D eigenvalue weighted by Crippen LogP contribution is -1.85. The summed E-state index contributed by atoms with van der Waals surface area (Å²) in [6.45, 7) is 1.27. The highest BCUT2D eigenvalue weighted by Crippen LogP contribution is 2.11. The Kier molecular flexibility index (Phi) is 22.1. The molecule has 0 bridgehead atoms. The smallest absolute Gasteiger partial charge is 0.105 e. The van der Waals surface area contributed by atoms with Gasteiger partial charge >= 0.3 is 0 Å². The first-order valence-corrected chi connectivity index (χ1v) is 9.74. The summed E-state index contributed by atoms with van der Waals surface area (Å²) in [5.41, 5.74) is 0. The predicted octanol–water partition coefficient (Wildman–Crippen LogP) is 6.07. The Morgan fingerprint density at radius 3 is 1.62 bits per heavy atom. The van der Waals surface area contributed by atoms with Gasteiger partial charge < -0.3 is 5.11 Å². The highest BCUT2D eigenvalue weighted by atomic mass is 32.2. The van der Waals surface area contributed by atoms with Crippen LogP contribution in [0.4, 0.5) is 0 Å². The van der Waals surface area contributed by atoms with Gasteiger partial charge in [-0.25, -0.2) is 0 Å². The number of azo groups is 1. The second kappa shape index (κ2) is 22.2. The van der Waals surface area contributed by atoms with E-state index in [-0.39, 0.29) is 0 Å². The van der Waals surface area contributed by atoms with Gasteiger partial charge in [0.15, 0.2) is 0 Å². The fraction of sp³-hybridized carbons (Fsp3) is 1.00. The molecule has 0 aliphatic heterocycles. The van der Waals surface area contributed by atoms with Crippen molar-refractivity contribution in [3.63, 3.8) is 0 Å². The fourth-order valence-corrected chi connectivity index (χ4v) is 2.43. The summed E-state index contributed by atoms with van der Waals surface area (Å²) in [5.74, 6) is 0.806. The maximum atomic E-state index is 8.67. The van der Waals surface area contributed by atoms with Gasteiger partial charge in [-0.3, -0.25) is 0 Å². The number of nitrogens with zero attached hydrogens (tertiary/aromatic N) is 2. The lowest BCUT2D eigenvalue weighted by molar-refractivity contribution is 0.282. The van der Waals surface area contributed by atoms with Crippen LogP contribution >= 0.6 is 11.8 Å². The average Bonchev–Trinajstić information content (AvgIpc) is 2.56. The first kappa shape index (κ1) is 20.9. The molecule has 0 aromatic heterocycles. The number of aliphatic hydroxyl groups is 1. The molecule has 0 unspecified atom stereocenters. The molecular weight excluding hydrogens is 280 g/mol. The third-order valence-corrected chi connectivity index (χ3v) is 3.83. The van der Waals surface area contributed by atoms with Crippen molar-refractivity contribution in [2.24, 2.45) is 10.2 Å². The van der Waals surface area contributed by atoms with E-state index in [1.54, 1.807) is 11.8 Å². The van der Waals surface area contributed by atoms with Gasteiger partial charge in [-0.05, 0) is 19.1 Å². The second-order valence-corrected chi connectivity index (χ2v) is 6.23. The van der Waals surface area contributed by atoms with Crippen LogP contribution in [-0.4, -0.2) is 30.4 Å². The normalized spacial score (nSPS) is 11.3. The van der Waals surface area contributed by atoms with Crippen molar-refractivity contribution in [2.75, 3.05) is 25.3 Å². The van der Waals surface area contributed by atoms with Crippen LogP contribution in [-0.2, 0) is 0 Å². The second-order valence-electron chi connectivity index (χ2n) is 5.39. The largest absolute Gasteiger partial charge is 0.396 e. The van der Waals surface area contributed by atoms with E-state index >= 15 is 0 Å². The minimum atomic E-state index is 0.360. The van der Waals surface area contributed by atoms with Crippen molar-refractivity contribution < 1.29 is 6.48 Å². The minimum Gasteiger partial charge on any atom is -0.396 e. The SMILES string of the molecule is CSCN=NCCCCCCCCCCCCCCO.[2H]C. The zero-order valence-corrected chi connectivity index (χ0v) is 15.2. The molecule has 0 saturated heterocycles. The fourth-order valence-electron chi connectivity index (χ4n) is 2.23. The Labute approximate surface area is 138 Å². The highest BCUT2D eigenvalue weighted by Gasteiger charge is 1.93. The maximum absolute atomic E-state index is 8.67. The molecule has 0 spiro atoms. The Bertz CT molecular complexity index is 207. The van der Waals surface area contributed by atoms with Gasteiger partial charge in [0.05, 0.1) is 6.54 Å². The third-order valence-electron chi connectivity index (χ3n) is 3.45. The van der Waals surface area contributed by atoms with E-state index in [1.807, 2.05) is 6.26 Å². The molecule has 0 heterocycles. The van der Waals surface area contributed by atoms with E-state index in [2.05, 4.69) is 10.2 Å². The molecule has 3 nitrogen and oxygen atoms in total. The third kappa shape index (κ3) is 22.3. The molecule has 0 atom stereocenters. The van der Waals surface area contributed by atoms with E-state index in [0.717, 1.165) is 18.8 Å². The number of hydrogen-bond donors (Lipinski definition) is 1. The quantitative estimate of drug-likeness (QED) is 0.277. The average molecular weight is 320 g/mol. The number of rotatable bonds is 16. The molecule has 0 fully saturated rings. The Morgan fingerprint density at radius 2 is 1.19 bits per heavy atom. The standard InChI is InChI=1S/C16H34N2OS.CH4/c1-20-16-18-17-14-12-10-8-6-4-2-3-5-7-9-11-13-15-19;/h19H,2-16H2,1H3;1H4/i;1D. The minimum absolute atomic E-state index is 0.360. The van der Waals surface area contributed by atoms with E-state index in [0.29, 0.717) is 6.61 Å². The Hall–Kier alpha value is -0.0900. The predicted molar refractivity (Wildman–Crippen MR) is 97.3 cm³/mol. The molecule has 0 aromatic rings. The number of aliphatic hydroxyl groups excluding tert-OH is 1. The van der Waals surface area contributed by atoms with Crippen LogP contribution < -0.4 is 0 Å². The van der Waals surface area contributed by atoms with Gasteiger partial charge in [0.2, 0.25) is 0 Å². The van der Waals surface area contributed by atoms with Crippen LogP contribution in [0.1, 0.15) is 85.8 Å². The molecule has 128 valence electrons. The van der Waals surface area contributed by atoms with Gasteiger partial charge in [0, 0.05) is 7.98 Å². The molecule has 0 amide bonds. The summed E-state index contributed by atoms with van der Waals surface area (Å²) in [4.78, 5) is 0. The zero-order chi connectivity index (χ0) is 16.7. The van der Waals surface area contributed by atoms with Gasteiger partial charge in [-0.1, -0.05) is 71.6 Å². The summed E-state index contributed by atoms with van der Waals surface area (Å²) in [5, 5.41) is 16.9. The molecule has 0 saturated carbocycles.